The van der Waals surface area contributed by atoms with Crippen LogP contribution in [0.2, 0.25) is 0 Å². The van der Waals surface area contributed by atoms with Gasteiger partial charge in [0.05, 0.1) is 11.7 Å². The predicted molar refractivity (Wildman–Crippen MR) is 98.7 cm³/mol. The van der Waals surface area contributed by atoms with Crippen LogP contribution in [0.15, 0.2) is 42.6 Å². The lowest BCUT2D eigenvalue weighted by Crippen LogP contribution is -2.24. The predicted octanol–water partition coefficient (Wildman–Crippen LogP) is 2.81. The van der Waals surface area contributed by atoms with Gasteiger partial charge in [-0.3, -0.25) is 9.59 Å². The first-order valence-electron chi connectivity index (χ1n) is 8.73. The van der Waals surface area contributed by atoms with Crippen molar-refractivity contribution in [3.8, 4) is 11.5 Å². The summed E-state index contributed by atoms with van der Waals surface area (Å²) in [5.74, 6) is 0.996. The third-order valence-electron chi connectivity index (χ3n) is 4.45. The molecule has 1 N–H and O–H groups in total. The van der Waals surface area contributed by atoms with Crippen LogP contribution in [-0.4, -0.2) is 28.4 Å². The number of rotatable bonds is 5. The van der Waals surface area contributed by atoms with Gasteiger partial charge in [0.1, 0.15) is 0 Å². The summed E-state index contributed by atoms with van der Waals surface area (Å²) in [6.45, 7) is 2.58. The van der Waals surface area contributed by atoms with Gasteiger partial charge in [0.25, 0.3) is 0 Å². The van der Waals surface area contributed by atoms with E-state index in [1.807, 2.05) is 43.3 Å². The standard InChI is InChI=1S/C20H19N3O4/c1-13-2-4-16-15(8-13)11-22-23(16)20(25)7-6-19(24)21-10-14-3-5-17-18(9-14)27-12-26-17/h2-5,8-9,11H,6-7,10,12H2,1H3,(H,21,24). The number of nitrogens with one attached hydrogen (secondary N) is 1. The number of benzene rings is 2. The van der Waals surface area contributed by atoms with Crippen LogP contribution in [0.3, 0.4) is 0 Å². The van der Waals surface area contributed by atoms with Gasteiger partial charge in [0.2, 0.25) is 18.6 Å². The maximum atomic E-state index is 12.4. The van der Waals surface area contributed by atoms with Gasteiger partial charge in [0.15, 0.2) is 11.5 Å². The number of hydrogen-bond donors (Lipinski definition) is 1. The van der Waals surface area contributed by atoms with E-state index in [0.29, 0.717) is 18.0 Å². The van der Waals surface area contributed by atoms with Crippen molar-refractivity contribution < 1.29 is 19.1 Å². The minimum Gasteiger partial charge on any atom is -0.454 e. The van der Waals surface area contributed by atoms with Crippen LogP contribution >= 0.6 is 0 Å². The van der Waals surface area contributed by atoms with E-state index in [2.05, 4.69) is 10.4 Å². The maximum Gasteiger partial charge on any atom is 0.247 e. The lowest BCUT2D eigenvalue weighted by molar-refractivity contribution is -0.121. The van der Waals surface area contributed by atoms with Crippen molar-refractivity contribution in [3.05, 3.63) is 53.7 Å². The first-order valence-corrected chi connectivity index (χ1v) is 8.73. The van der Waals surface area contributed by atoms with E-state index in [1.54, 1.807) is 6.20 Å². The normalized spacial score (nSPS) is 12.3. The zero-order valence-corrected chi connectivity index (χ0v) is 14.9. The SMILES string of the molecule is Cc1ccc2c(cnn2C(=O)CCC(=O)NCc2ccc3c(c2)OCO3)c1. The Hall–Kier alpha value is -3.35. The number of ether oxygens (including phenoxy) is 2. The average molecular weight is 365 g/mol. The Balaban J connectivity index is 1.31. The number of nitrogens with zero attached hydrogens (tertiary/aromatic N) is 2. The summed E-state index contributed by atoms with van der Waals surface area (Å²) >= 11 is 0. The van der Waals surface area contributed by atoms with Gasteiger partial charge in [-0.15, -0.1) is 0 Å². The summed E-state index contributed by atoms with van der Waals surface area (Å²) < 4.78 is 11.9. The number of aryl methyl sites for hydroxylation is 1. The second-order valence-corrected chi connectivity index (χ2v) is 6.48. The van der Waals surface area contributed by atoms with Gasteiger partial charge in [-0.1, -0.05) is 17.7 Å². The summed E-state index contributed by atoms with van der Waals surface area (Å²) in [5, 5.41) is 7.88. The molecule has 2 aromatic carbocycles. The molecule has 1 aliphatic rings. The molecule has 1 amide bonds. The minimum atomic E-state index is -0.202. The van der Waals surface area contributed by atoms with Crippen LogP contribution < -0.4 is 14.8 Å². The second kappa shape index (κ2) is 7.11. The Morgan fingerprint density at radius 3 is 2.85 bits per heavy atom. The van der Waals surface area contributed by atoms with Gasteiger partial charge >= 0.3 is 0 Å². The monoisotopic (exact) mass is 365 g/mol. The number of amides is 1. The molecule has 0 fully saturated rings. The van der Waals surface area contributed by atoms with Gasteiger partial charge < -0.3 is 14.8 Å². The van der Waals surface area contributed by atoms with Crippen molar-refractivity contribution in [2.24, 2.45) is 0 Å². The number of hydrogen-bond acceptors (Lipinski definition) is 5. The molecule has 0 spiro atoms. The van der Waals surface area contributed by atoms with E-state index in [1.165, 1.54) is 4.68 Å². The molecule has 4 rings (SSSR count). The fourth-order valence-electron chi connectivity index (χ4n) is 3.02. The highest BCUT2D eigenvalue weighted by Gasteiger charge is 2.15. The van der Waals surface area contributed by atoms with E-state index in [-0.39, 0.29) is 31.4 Å². The Morgan fingerprint density at radius 2 is 1.96 bits per heavy atom. The maximum absolute atomic E-state index is 12.4. The van der Waals surface area contributed by atoms with Crippen LogP contribution in [0.5, 0.6) is 11.5 Å². The summed E-state index contributed by atoms with van der Waals surface area (Å²) in [6.07, 6.45) is 1.87. The Bertz CT molecular complexity index is 1030. The van der Waals surface area contributed by atoms with Crippen LogP contribution in [-0.2, 0) is 11.3 Å². The van der Waals surface area contributed by atoms with E-state index in [9.17, 15) is 9.59 Å². The van der Waals surface area contributed by atoms with E-state index >= 15 is 0 Å². The van der Waals surface area contributed by atoms with Crippen LogP contribution in [0.1, 0.15) is 28.8 Å². The molecule has 0 aliphatic carbocycles. The van der Waals surface area contributed by atoms with E-state index < -0.39 is 0 Å². The van der Waals surface area contributed by atoms with Crippen molar-refractivity contribution >= 4 is 22.7 Å². The molecule has 0 unspecified atom stereocenters. The fraction of sp³-hybridized carbons (Fsp3) is 0.250. The minimum absolute atomic E-state index is 0.0949. The fourth-order valence-corrected chi connectivity index (χ4v) is 3.02. The van der Waals surface area contributed by atoms with Gasteiger partial charge in [-0.2, -0.15) is 5.10 Å². The zero-order chi connectivity index (χ0) is 18.8. The molecule has 1 aliphatic heterocycles. The molecule has 27 heavy (non-hydrogen) atoms. The molecule has 2 heterocycles. The van der Waals surface area contributed by atoms with Crippen LogP contribution in [0, 0.1) is 6.92 Å². The highest BCUT2D eigenvalue weighted by Crippen LogP contribution is 2.32. The Kier molecular flexibility index (Phi) is 4.50. The smallest absolute Gasteiger partial charge is 0.247 e. The molecular weight excluding hydrogens is 346 g/mol. The molecular formula is C20H19N3O4. The Morgan fingerprint density at radius 1 is 1.11 bits per heavy atom. The van der Waals surface area contributed by atoms with Crippen LogP contribution in [0.4, 0.5) is 0 Å². The van der Waals surface area contributed by atoms with Crippen molar-refractivity contribution in [2.45, 2.75) is 26.3 Å². The van der Waals surface area contributed by atoms with Gasteiger partial charge in [-0.05, 0) is 36.8 Å². The molecule has 0 radical (unpaired) electrons. The van der Waals surface area contributed by atoms with Crippen molar-refractivity contribution in [1.82, 2.24) is 15.1 Å². The van der Waals surface area contributed by atoms with Crippen molar-refractivity contribution in [2.75, 3.05) is 6.79 Å². The molecule has 138 valence electrons. The summed E-state index contributed by atoms with van der Waals surface area (Å²) in [5.41, 5.74) is 2.77. The number of carbonyl (C=O) groups excluding carboxylic acids is 2. The molecule has 3 aromatic rings. The van der Waals surface area contributed by atoms with E-state index in [0.717, 1.165) is 22.0 Å². The highest BCUT2D eigenvalue weighted by atomic mass is 16.7. The first-order chi connectivity index (χ1) is 13.1. The molecule has 0 atom stereocenters. The number of fused-ring (bicyclic) bond motifs is 2. The van der Waals surface area contributed by atoms with Gasteiger partial charge in [-0.25, -0.2) is 4.68 Å². The topological polar surface area (TPSA) is 82.5 Å². The quantitative estimate of drug-likeness (QED) is 0.752. The number of aromatic nitrogens is 2. The van der Waals surface area contributed by atoms with E-state index in [4.69, 9.17) is 9.47 Å². The van der Waals surface area contributed by atoms with Gasteiger partial charge in [0, 0.05) is 24.8 Å². The molecule has 1 aromatic heterocycles. The summed E-state index contributed by atoms with van der Waals surface area (Å²) in [7, 11) is 0. The molecule has 0 bridgehead atoms. The summed E-state index contributed by atoms with van der Waals surface area (Å²) in [4.78, 5) is 24.5. The lowest BCUT2D eigenvalue weighted by Gasteiger charge is -2.07. The largest absolute Gasteiger partial charge is 0.454 e. The number of carbonyl (C=O) groups is 2. The first kappa shape index (κ1) is 17.1. The molecule has 7 nitrogen and oxygen atoms in total. The third-order valence-corrected chi connectivity index (χ3v) is 4.45. The van der Waals surface area contributed by atoms with Crippen LogP contribution in [0.25, 0.3) is 10.9 Å². The summed E-state index contributed by atoms with van der Waals surface area (Å²) in [6, 6.07) is 11.3. The van der Waals surface area contributed by atoms with Crippen molar-refractivity contribution in [1.29, 1.82) is 0 Å². The van der Waals surface area contributed by atoms with Crippen molar-refractivity contribution in [3.63, 3.8) is 0 Å². The molecule has 7 heteroatoms. The second-order valence-electron chi connectivity index (χ2n) is 6.48. The molecule has 0 saturated carbocycles. The molecule has 0 saturated heterocycles. The highest BCUT2D eigenvalue weighted by molar-refractivity contribution is 5.92. The zero-order valence-electron chi connectivity index (χ0n) is 14.9. The Labute approximate surface area is 155 Å². The lowest BCUT2D eigenvalue weighted by atomic mass is 10.2. The average Bonchev–Trinajstić information content (AvgIpc) is 3.30. The third kappa shape index (κ3) is 3.62.